The van der Waals surface area contributed by atoms with Gasteiger partial charge in [-0.25, -0.2) is 0 Å². The molecule has 22 heavy (non-hydrogen) atoms. The van der Waals surface area contributed by atoms with Crippen LogP contribution in [0.25, 0.3) is 0 Å². The van der Waals surface area contributed by atoms with Crippen molar-refractivity contribution in [1.82, 2.24) is 10.2 Å². The second-order valence-electron chi connectivity index (χ2n) is 5.30. The Morgan fingerprint density at radius 3 is 2.95 bits per heavy atom. The summed E-state index contributed by atoms with van der Waals surface area (Å²) in [5.74, 6) is 0.563. The van der Waals surface area contributed by atoms with E-state index in [2.05, 4.69) is 5.32 Å². The Morgan fingerprint density at radius 2 is 2.14 bits per heavy atom. The van der Waals surface area contributed by atoms with Gasteiger partial charge in [-0.2, -0.15) is 0 Å². The lowest BCUT2D eigenvalue weighted by molar-refractivity contribution is -0.124. The third kappa shape index (κ3) is 2.14. The predicted octanol–water partition coefficient (Wildman–Crippen LogP) is 2.63. The lowest BCUT2D eigenvalue weighted by Crippen LogP contribution is -2.45. The first-order valence-electron chi connectivity index (χ1n) is 7.09. The minimum absolute atomic E-state index is 0.0128. The summed E-state index contributed by atoms with van der Waals surface area (Å²) in [5, 5.41) is 4.93. The molecule has 2 atom stereocenters. The molecule has 3 heterocycles. The van der Waals surface area contributed by atoms with E-state index < -0.39 is 0 Å². The van der Waals surface area contributed by atoms with Crippen LogP contribution in [-0.2, 0) is 11.3 Å². The number of rotatable bonds is 3. The van der Waals surface area contributed by atoms with Gasteiger partial charge in [0.25, 0.3) is 5.91 Å². The van der Waals surface area contributed by atoms with Gasteiger partial charge in [0.05, 0.1) is 6.54 Å². The fraction of sp³-hybridized carbons (Fsp3) is 0.250. The molecule has 2 amide bonds. The number of nitrogens with one attached hydrogen (secondary N) is 1. The van der Waals surface area contributed by atoms with Gasteiger partial charge in [0.15, 0.2) is 0 Å². The molecule has 4 rings (SSSR count). The zero-order chi connectivity index (χ0) is 15.1. The van der Waals surface area contributed by atoms with Crippen LogP contribution in [-0.4, -0.2) is 28.5 Å². The number of carbonyl (C=O) groups excluding carboxylic acids is 2. The molecule has 0 aliphatic carbocycles. The molecule has 0 spiro atoms. The number of thiophene rings is 1. The molecule has 0 bridgehead atoms. The molecule has 1 N–H and O–H groups in total. The number of amides is 2. The fourth-order valence-electron chi connectivity index (χ4n) is 2.95. The van der Waals surface area contributed by atoms with Crippen molar-refractivity contribution in [3.05, 3.63) is 57.8 Å². The second-order valence-corrected chi connectivity index (χ2v) is 7.44. The first-order chi connectivity index (χ1) is 10.8. The Balaban J connectivity index is 1.51. The molecular weight excluding hydrogens is 316 g/mol. The third-order valence-corrected chi connectivity index (χ3v) is 6.19. The molecule has 2 aliphatic heterocycles. The van der Waals surface area contributed by atoms with Crippen molar-refractivity contribution in [2.45, 2.75) is 18.0 Å². The molecule has 4 nitrogen and oxygen atoms in total. The number of hydrogen-bond donors (Lipinski definition) is 1. The summed E-state index contributed by atoms with van der Waals surface area (Å²) in [6.07, 6.45) is 0. The van der Waals surface area contributed by atoms with Crippen molar-refractivity contribution in [3.8, 4) is 0 Å². The summed E-state index contributed by atoms with van der Waals surface area (Å²) in [7, 11) is 0. The number of hydrogen-bond acceptors (Lipinski definition) is 4. The highest BCUT2D eigenvalue weighted by atomic mass is 32.2. The Labute approximate surface area is 136 Å². The van der Waals surface area contributed by atoms with Crippen LogP contribution < -0.4 is 5.32 Å². The van der Waals surface area contributed by atoms with Crippen LogP contribution in [0.2, 0.25) is 0 Å². The summed E-state index contributed by atoms with van der Waals surface area (Å²) in [6, 6.07) is 11.2. The molecule has 1 saturated heterocycles. The van der Waals surface area contributed by atoms with Gasteiger partial charge in [-0.15, -0.1) is 23.1 Å². The second kappa shape index (κ2) is 5.44. The third-order valence-electron chi connectivity index (χ3n) is 4.01. The Hall–Kier alpha value is -1.79. The van der Waals surface area contributed by atoms with Crippen molar-refractivity contribution >= 4 is 34.9 Å². The van der Waals surface area contributed by atoms with Crippen molar-refractivity contribution in [2.75, 3.05) is 5.75 Å². The maximum Gasteiger partial charge on any atom is 0.256 e. The summed E-state index contributed by atoms with van der Waals surface area (Å²) in [5.41, 5.74) is 1.77. The number of benzene rings is 1. The zero-order valence-corrected chi connectivity index (χ0v) is 13.3. The quantitative estimate of drug-likeness (QED) is 0.941. The van der Waals surface area contributed by atoms with Gasteiger partial charge < -0.3 is 10.2 Å². The van der Waals surface area contributed by atoms with Gasteiger partial charge >= 0.3 is 0 Å². The predicted molar refractivity (Wildman–Crippen MR) is 87.8 cm³/mol. The SMILES string of the molecule is O=C(NCc1cccs1)[C@@H]1CSC2c3ccccc3C(=O)N21. The maximum absolute atomic E-state index is 12.6. The Kier molecular flexibility index (Phi) is 3.43. The molecule has 0 radical (unpaired) electrons. The number of nitrogens with zero attached hydrogens (tertiary/aromatic N) is 1. The molecule has 1 fully saturated rings. The van der Waals surface area contributed by atoms with E-state index in [1.165, 1.54) is 0 Å². The Morgan fingerprint density at radius 1 is 1.27 bits per heavy atom. The molecule has 112 valence electrons. The van der Waals surface area contributed by atoms with Crippen LogP contribution in [0.4, 0.5) is 0 Å². The summed E-state index contributed by atoms with van der Waals surface area (Å²) >= 11 is 3.28. The van der Waals surface area contributed by atoms with E-state index in [-0.39, 0.29) is 23.2 Å². The number of fused-ring (bicyclic) bond motifs is 3. The van der Waals surface area contributed by atoms with E-state index in [0.717, 1.165) is 16.0 Å². The van der Waals surface area contributed by atoms with Crippen molar-refractivity contribution in [1.29, 1.82) is 0 Å². The average Bonchev–Trinajstić information content (AvgIpc) is 3.25. The highest BCUT2D eigenvalue weighted by Crippen LogP contribution is 2.47. The van der Waals surface area contributed by atoms with Gasteiger partial charge in [0, 0.05) is 16.2 Å². The van der Waals surface area contributed by atoms with Gasteiger partial charge in [-0.05, 0) is 23.1 Å². The lowest BCUT2D eigenvalue weighted by atomic mass is 10.1. The van der Waals surface area contributed by atoms with E-state index in [1.807, 2.05) is 41.8 Å². The average molecular weight is 330 g/mol. The molecule has 1 unspecified atom stereocenters. The highest BCUT2D eigenvalue weighted by Gasteiger charge is 2.48. The minimum atomic E-state index is -0.380. The van der Waals surface area contributed by atoms with Gasteiger partial charge in [-0.3, -0.25) is 9.59 Å². The first kappa shape index (κ1) is 13.8. The van der Waals surface area contributed by atoms with Crippen LogP contribution in [0, 0.1) is 0 Å². The van der Waals surface area contributed by atoms with Crippen LogP contribution in [0.5, 0.6) is 0 Å². The molecular formula is C16H14N2O2S2. The van der Waals surface area contributed by atoms with Gasteiger partial charge in [0.1, 0.15) is 11.4 Å². The summed E-state index contributed by atoms with van der Waals surface area (Å²) < 4.78 is 0. The topological polar surface area (TPSA) is 49.4 Å². The minimum Gasteiger partial charge on any atom is -0.349 e. The van der Waals surface area contributed by atoms with E-state index in [0.29, 0.717) is 12.3 Å². The zero-order valence-electron chi connectivity index (χ0n) is 11.7. The van der Waals surface area contributed by atoms with Crippen molar-refractivity contribution in [2.24, 2.45) is 0 Å². The van der Waals surface area contributed by atoms with E-state index in [4.69, 9.17) is 0 Å². The largest absolute Gasteiger partial charge is 0.349 e. The molecule has 1 aromatic heterocycles. The molecule has 0 saturated carbocycles. The normalized spacial score (nSPS) is 22.5. The number of carbonyl (C=O) groups is 2. The van der Waals surface area contributed by atoms with E-state index in [9.17, 15) is 9.59 Å². The van der Waals surface area contributed by atoms with E-state index >= 15 is 0 Å². The van der Waals surface area contributed by atoms with Crippen LogP contribution in [0.1, 0.15) is 26.2 Å². The fourth-order valence-corrected chi connectivity index (χ4v) is 5.06. The summed E-state index contributed by atoms with van der Waals surface area (Å²) in [6.45, 7) is 0.525. The molecule has 1 aromatic carbocycles. The van der Waals surface area contributed by atoms with Crippen LogP contribution in [0.15, 0.2) is 41.8 Å². The van der Waals surface area contributed by atoms with Crippen molar-refractivity contribution < 1.29 is 9.59 Å². The van der Waals surface area contributed by atoms with Crippen molar-refractivity contribution in [3.63, 3.8) is 0 Å². The van der Waals surface area contributed by atoms with Gasteiger partial charge in [-0.1, -0.05) is 24.3 Å². The maximum atomic E-state index is 12.6. The van der Waals surface area contributed by atoms with E-state index in [1.54, 1.807) is 28.0 Å². The Bertz CT molecular complexity index is 730. The smallest absolute Gasteiger partial charge is 0.256 e. The summed E-state index contributed by atoms with van der Waals surface area (Å²) in [4.78, 5) is 27.9. The lowest BCUT2D eigenvalue weighted by Gasteiger charge is -2.22. The van der Waals surface area contributed by atoms with Gasteiger partial charge in [0.2, 0.25) is 5.91 Å². The van der Waals surface area contributed by atoms with Crippen LogP contribution in [0.3, 0.4) is 0 Å². The monoisotopic (exact) mass is 330 g/mol. The standard InChI is InChI=1S/C16H14N2O2S2/c19-14(17-8-10-4-3-7-21-10)13-9-22-16-12-6-2-1-5-11(12)15(20)18(13)16/h1-7,13,16H,8-9H2,(H,17,19)/t13-,16?/m0/s1. The molecule has 2 aromatic rings. The van der Waals surface area contributed by atoms with Crippen LogP contribution >= 0.6 is 23.1 Å². The first-order valence-corrected chi connectivity index (χ1v) is 9.02. The number of thioether (sulfide) groups is 1. The molecule has 2 aliphatic rings. The molecule has 6 heteroatoms. The highest BCUT2D eigenvalue weighted by molar-refractivity contribution is 7.99.